The van der Waals surface area contributed by atoms with Gasteiger partial charge in [0.1, 0.15) is 0 Å². The third kappa shape index (κ3) is 1.98. The van der Waals surface area contributed by atoms with E-state index < -0.39 is 5.97 Å². The molecule has 0 aliphatic heterocycles. The lowest BCUT2D eigenvalue weighted by Gasteiger charge is -1.99. The molecular formula is C8H7N3O2. The first kappa shape index (κ1) is 9.09. The van der Waals surface area contributed by atoms with Crippen molar-refractivity contribution in [1.29, 1.82) is 0 Å². The molecule has 0 unspecified atom stereocenters. The number of carboxylic acids is 1. The van der Waals surface area contributed by atoms with Crippen LogP contribution in [0.4, 0.5) is 5.69 Å². The highest BCUT2D eigenvalue weighted by Crippen LogP contribution is 2.19. The number of aryl methyl sites for hydroxylation is 1. The zero-order chi connectivity index (χ0) is 9.84. The molecule has 0 spiro atoms. The molecule has 1 aromatic rings. The highest BCUT2D eigenvalue weighted by Gasteiger charge is 2.03. The topological polar surface area (TPSA) is 86.1 Å². The number of aromatic carboxylic acids is 1. The van der Waals surface area contributed by atoms with E-state index in [9.17, 15) is 4.79 Å². The van der Waals surface area contributed by atoms with Gasteiger partial charge in [-0.25, -0.2) is 4.79 Å². The second kappa shape index (κ2) is 3.60. The van der Waals surface area contributed by atoms with Crippen molar-refractivity contribution in [1.82, 2.24) is 0 Å². The number of carboxylic acid groups (broad SMARTS) is 1. The van der Waals surface area contributed by atoms with E-state index in [1.807, 2.05) is 0 Å². The summed E-state index contributed by atoms with van der Waals surface area (Å²) < 4.78 is 0. The molecule has 0 radical (unpaired) electrons. The molecule has 0 aliphatic carbocycles. The summed E-state index contributed by atoms with van der Waals surface area (Å²) in [5.74, 6) is -0.990. The summed E-state index contributed by atoms with van der Waals surface area (Å²) in [7, 11) is 0. The smallest absolute Gasteiger partial charge is 0.335 e. The molecule has 0 atom stereocenters. The molecule has 0 aliphatic rings. The lowest BCUT2D eigenvalue weighted by Crippen LogP contribution is -1.95. The molecule has 1 N–H and O–H groups in total. The first-order chi connectivity index (χ1) is 6.15. The third-order valence-corrected chi connectivity index (χ3v) is 1.60. The summed E-state index contributed by atoms with van der Waals surface area (Å²) in [6.45, 7) is 1.69. The number of hydrogen-bond acceptors (Lipinski definition) is 2. The van der Waals surface area contributed by atoms with Gasteiger partial charge in [-0.3, -0.25) is 0 Å². The number of nitrogens with zero attached hydrogens (tertiary/aromatic N) is 3. The monoisotopic (exact) mass is 177 g/mol. The van der Waals surface area contributed by atoms with E-state index in [1.165, 1.54) is 18.2 Å². The van der Waals surface area contributed by atoms with Gasteiger partial charge >= 0.3 is 5.97 Å². The molecule has 0 fully saturated rings. The average molecular weight is 177 g/mol. The molecule has 5 nitrogen and oxygen atoms in total. The van der Waals surface area contributed by atoms with Gasteiger partial charge in [0.05, 0.1) is 5.56 Å². The number of benzene rings is 1. The fourth-order valence-electron chi connectivity index (χ4n) is 0.949. The first-order valence-electron chi connectivity index (χ1n) is 3.54. The van der Waals surface area contributed by atoms with Gasteiger partial charge in [-0.1, -0.05) is 11.2 Å². The van der Waals surface area contributed by atoms with Crippen molar-refractivity contribution < 1.29 is 9.90 Å². The Balaban J connectivity index is 3.19. The third-order valence-electron chi connectivity index (χ3n) is 1.60. The maximum Gasteiger partial charge on any atom is 0.335 e. The largest absolute Gasteiger partial charge is 0.478 e. The summed E-state index contributed by atoms with van der Waals surface area (Å²) in [6, 6.07) is 4.35. The van der Waals surface area contributed by atoms with Crippen LogP contribution in [0.1, 0.15) is 15.9 Å². The molecule has 0 aromatic heterocycles. The normalized spacial score (nSPS) is 9.00. The minimum Gasteiger partial charge on any atom is -0.478 e. The average Bonchev–Trinajstić information content (AvgIpc) is 2.08. The van der Waals surface area contributed by atoms with Crippen molar-refractivity contribution in [2.24, 2.45) is 5.11 Å². The van der Waals surface area contributed by atoms with Crippen LogP contribution in [0.25, 0.3) is 10.4 Å². The highest BCUT2D eigenvalue weighted by atomic mass is 16.4. The molecular weight excluding hydrogens is 170 g/mol. The number of hydrogen-bond donors (Lipinski definition) is 1. The fourth-order valence-corrected chi connectivity index (χ4v) is 0.949. The SMILES string of the molecule is Cc1cc(C(=O)O)ccc1N=[N+]=[N-]. The molecule has 0 bridgehead atoms. The Labute approximate surface area is 74.3 Å². The van der Waals surface area contributed by atoms with Crippen LogP contribution < -0.4 is 0 Å². The Morgan fingerprint density at radius 1 is 1.62 bits per heavy atom. The molecule has 1 rings (SSSR count). The van der Waals surface area contributed by atoms with Gasteiger partial charge in [0.15, 0.2) is 0 Å². The van der Waals surface area contributed by atoms with Crippen molar-refractivity contribution in [2.75, 3.05) is 0 Å². The molecule has 1 aromatic carbocycles. The Kier molecular flexibility index (Phi) is 2.52. The van der Waals surface area contributed by atoms with Gasteiger partial charge in [-0.05, 0) is 30.2 Å². The van der Waals surface area contributed by atoms with Gasteiger partial charge in [0.25, 0.3) is 0 Å². The van der Waals surface area contributed by atoms with Crippen LogP contribution in [0.3, 0.4) is 0 Å². The minimum absolute atomic E-state index is 0.189. The predicted octanol–water partition coefficient (Wildman–Crippen LogP) is 2.64. The molecule has 0 saturated heterocycles. The van der Waals surface area contributed by atoms with Crippen molar-refractivity contribution in [2.45, 2.75) is 6.92 Å². The van der Waals surface area contributed by atoms with Crippen molar-refractivity contribution in [3.05, 3.63) is 39.8 Å². The number of rotatable bonds is 2. The molecule has 0 heterocycles. The lowest BCUT2D eigenvalue weighted by atomic mass is 10.1. The van der Waals surface area contributed by atoms with E-state index in [1.54, 1.807) is 6.92 Å². The predicted molar refractivity (Wildman–Crippen MR) is 46.9 cm³/mol. The summed E-state index contributed by atoms with van der Waals surface area (Å²) in [4.78, 5) is 13.1. The highest BCUT2D eigenvalue weighted by molar-refractivity contribution is 5.88. The Morgan fingerprint density at radius 2 is 2.31 bits per heavy atom. The lowest BCUT2D eigenvalue weighted by molar-refractivity contribution is 0.0697. The van der Waals surface area contributed by atoms with Gasteiger partial charge in [-0.15, -0.1) is 0 Å². The van der Waals surface area contributed by atoms with Gasteiger partial charge in [-0.2, -0.15) is 0 Å². The summed E-state index contributed by atoms with van der Waals surface area (Å²) in [5, 5.41) is 12.0. The summed E-state index contributed by atoms with van der Waals surface area (Å²) >= 11 is 0. The molecule has 0 saturated carbocycles. The van der Waals surface area contributed by atoms with E-state index in [0.29, 0.717) is 11.3 Å². The number of carbonyl (C=O) groups is 1. The van der Waals surface area contributed by atoms with E-state index in [0.717, 1.165) is 0 Å². The standard InChI is InChI=1S/C8H7N3O2/c1-5-4-6(8(12)13)2-3-7(5)10-11-9/h2-4H,1H3,(H,12,13). The molecule has 5 heteroatoms. The van der Waals surface area contributed by atoms with Crippen LogP contribution in [-0.4, -0.2) is 11.1 Å². The van der Waals surface area contributed by atoms with E-state index in [4.69, 9.17) is 10.6 Å². The maximum atomic E-state index is 10.5. The maximum absolute atomic E-state index is 10.5. The second-order valence-electron chi connectivity index (χ2n) is 2.50. The van der Waals surface area contributed by atoms with Crippen molar-refractivity contribution in [3.63, 3.8) is 0 Å². The Hall–Kier alpha value is -2.00. The number of azide groups is 1. The van der Waals surface area contributed by atoms with E-state index in [-0.39, 0.29) is 5.56 Å². The summed E-state index contributed by atoms with van der Waals surface area (Å²) in [5.41, 5.74) is 9.46. The van der Waals surface area contributed by atoms with Crippen LogP contribution in [0.2, 0.25) is 0 Å². The van der Waals surface area contributed by atoms with Crippen molar-refractivity contribution >= 4 is 11.7 Å². The van der Waals surface area contributed by atoms with Crippen LogP contribution in [0.15, 0.2) is 23.3 Å². The van der Waals surface area contributed by atoms with E-state index in [2.05, 4.69) is 10.0 Å². The van der Waals surface area contributed by atoms with Gasteiger partial charge in [0, 0.05) is 10.6 Å². The second-order valence-corrected chi connectivity index (χ2v) is 2.50. The fraction of sp³-hybridized carbons (Fsp3) is 0.125. The quantitative estimate of drug-likeness (QED) is 0.427. The van der Waals surface area contributed by atoms with Gasteiger partial charge in [0.2, 0.25) is 0 Å². The first-order valence-corrected chi connectivity index (χ1v) is 3.54. The zero-order valence-corrected chi connectivity index (χ0v) is 6.93. The van der Waals surface area contributed by atoms with E-state index >= 15 is 0 Å². The minimum atomic E-state index is -0.990. The van der Waals surface area contributed by atoms with Crippen LogP contribution >= 0.6 is 0 Å². The van der Waals surface area contributed by atoms with Crippen LogP contribution in [-0.2, 0) is 0 Å². The zero-order valence-electron chi connectivity index (χ0n) is 6.93. The Morgan fingerprint density at radius 3 is 2.77 bits per heavy atom. The summed E-state index contributed by atoms with van der Waals surface area (Å²) in [6.07, 6.45) is 0. The molecule has 0 amide bonds. The van der Waals surface area contributed by atoms with Crippen LogP contribution in [0.5, 0.6) is 0 Å². The molecule has 66 valence electrons. The Bertz CT molecular complexity index is 394. The van der Waals surface area contributed by atoms with Crippen molar-refractivity contribution in [3.8, 4) is 0 Å². The molecule has 13 heavy (non-hydrogen) atoms. The van der Waals surface area contributed by atoms with Gasteiger partial charge < -0.3 is 5.11 Å². The van der Waals surface area contributed by atoms with Crippen LogP contribution in [0, 0.1) is 6.92 Å².